The normalized spacial score (nSPS) is 16.9. The molecule has 182 valence electrons. The Balaban J connectivity index is 2.87. The molecule has 0 heterocycles. The first-order chi connectivity index (χ1) is 14.8. The maximum absolute atomic E-state index is 10.6. The van der Waals surface area contributed by atoms with Crippen molar-refractivity contribution in [3.05, 3.63) is 54.1 Å². The van der Waals surface area contributed by atoms with Crippen LogP contribution in [-0.2, 0) is 15.8 Å². The van der Waals surface area contributed by atoms with Crippen LogP contribution in [0.5, 0.6) is 5.75 Å². The molecule has 1 aromatic carbocycles. The second kappa shape index (κ2) is 12.7. The van der Waals surface area contributed by atoms with Crippen LogP contribution in [0.3, 0.4) is 0 Å². The van der Waals surface area contributed by atoms with Crippen molar-refractivity contribution < 1.29 is 19.0 Å². The van der Waals surface area contributed by atoms with E-state index in [2.05, 4.69) is 60.4 Å². The first-order valence-electron chi connectivity index (χ1n) is 11.7. The van der Waals surface area contributed by atoms with Crippen LogP contribution in [0.4, 0.5) is 0 Å². The van der Waals surface area contributed by atoms with E-state index in [1.165, 1.54) is 0 Å². The van der Waals surface area contributed by atoms with Crippen LogP contribution >= 0.6 is 0 Å². The molecule has 0 spiro atoms. The van der Waals surface area contributed by atoms with E-state index in [1.54, 1.807) is 13.2 Å². The van der Waals surface area contributed by atoms with Gasteiger partial charge in [-0.1, -0.05) is 58.9 Å². The molecule has 0 aliphatic heterocycles. The lowest BCUT2D eigenvalue weighted by Crippen LogP contribution is -2.44. The van der Waals surface area contributed by atoms with Crippen molar-refractivity contribution in [1.29, 1.82) is 0 Å². The average Bonchev–Trinajstić information content (AvgIpc) is 2.74. The summed E-state index contributed by atoms with van der Waals surface area (Å²) in [6.07, 6.45) is 4.26. The number of hydrogen-bond donors (Lipinski definition) is 1. The molecule has 4 atom stereocenters. The molecule has 0 saturated carbocycles. The van der Waals surface area contributed by atoms with Crippen LogP contribution in [-0.4, -0.2) is 39.3 Å². The first-order valence-corrected chi connectivity index (χ1v) is 14.6. The van der Waals surface area contributed by atoms with Crippen LogP contribution in [0.25, 0.3) is 0 Å². The van der Waals surface area contributed by atoms with Crippen LogP contribution in [0.2, 0.25) is 18.1 Å². The van der Waals surface area contributed by atoms with Crippen molar-refractivity contribution in [3.8, 4) is 5.75 Å². The number of rotatable bonds is 13. The van der Waals surface area contributed by atoms with Gasteiger partial charge in [0.15, 0.2) is 8.32 Å². The third-order valence-corrected chi connectivity index (χ3v) is 11.2. The Morgan fingerprint density at radius 2 is 1.72 bits per heavy atom. The fourth-order valence-corrected chi connectivity index (χ4v) is 4.62. The van der Waals surface area contributed by atoms with Gasteiger partial charge in [-0.05, 0) is 54.7 Å². The van der Waals surface area contributed by atoms with Crippen molar-refractivity contribution in [2.45, 2.75) is 84.9 Å². The predicted octanol–water partition coefficient (Wildman–Crippen LogP) is 6.76. The molecule has 1 N–H and O–H groups in total. The molecule has 4 nitrogen and oxygen atoms in total. The first kappa shape index (κ1) is 28.6. The number of aliphatic hydroxyl groups is 1. The third kappa shape index (κ3) is 8.85. The Bertz CT molecular complexity index is 718. The zero-order valence-electron chi connectivity index (χ0n) is 21.8. The smallest absolute Gasteiger partial charge is 0.192 e. The molecule has 1 rings (SSSR count). The molecule has 32 heavy (non-hydrogen) atoms. The quantitative estimate of drug-likeness (QED) is 0.200. The number of methoxy groups -OCH3 is 1. The fraction of sp³-hybridized carbons (Fsp3) is 0.630. The summed E-state index contributed by atoms with van der Waals surface area (Å²) in [6, 6.07) is 7.95. The molecule has 1 aromatic rings. The zero-order chi connectivity index (χ0) is 24.5. The highest BCUT2D eigenvalue weighted by Gasteiger charge is 2.39. The predicted molar refractivity (Wildman–Crippen MR) is 138 cm³/mol. The minimum atomic E-state index is -1.96. The molecular weight excluding hydrogens is 416 g/mol. The Kier molecular flexibility index (Phi) is 11.4. The summed E-state index contributed by atoms with van der Waals surface area (Å²) in [6.45, 7) is 22.5. The summed E-state index contributed by atoms with van der Waals surface area (Å²) in [7, 11) is -0.293. The third-order valence-electron chi connectivity index (χ3n) is 6.68. The van der Waals surface area contributed by atoms with Crippen molar-refractivity contribution >= 4 is 8.32 Å². The van der Waals surface area contributed by atoms with Crippen molar-refractivity contribution in [2.75, 3.05) is 13.7 Å². The molecule has 0 radical (unpaired) electrons. The van der Waals surface area contributed by atoms with E-state index in [-0.39, 0.29) is 23.0 Å². The highest BCUT2D eigenvalue weighted by Crippen LogP contribution is 2.38. The molecule has 0 saturated heterocycles. The largest absolute Gasteiger partial charge is 0.497 e. The molecule has 0 aliphatic carbocycles. The molecule has 0 aromatic heterocycles. The summed E-state index contributed by atoms with van der Waals surface area (Å²) < 4.78 is 18.0. The van der Waals surface area contributed by atoms with Gasteiger partial charge in [0.05, 0.1) is 25.9 Å². The Morgan fingerprint density at radius 1 is 1.12 bits per heavy atom. The van der Waals surface area contributed by atoms with Gasteiger partial charge >= 0.3 is 0 Å². The van der Waals surface area contributed by atoms with Gasteiger partial charge in [0.25, 0.3) is 0 Å². The van der Waals surface area contributed by atoms with Crippen LogP contribution < -0.4 is 4.74 Å². The molecule has 0 bridgehead atoms. The maximum Gasteiger partial charge on any atom is 0.192 e. The average molecular weight is 463 g/mol. The van der Waals surface area contributed by atoms with E-state index in [0.29, 0.717) is 13.2 Å². The van der Waals surface area contributed by atoms with E-state index < -0.39 is 14.4 Å². The highest BCUT2D eigenvalue weighted by atomic mass is 28.4. The second-order valence-corrected chi connectivity index (χ2v) is 15.2. The number of hydrogen-bond acceptors (Lipinski definition) is 4. The van der Waals surface area contributed by atoms with Gasteiger partial charge in [0, 0.05) is 18.4 Å². The van der Waals surface area contributed by atoms with Gasteiger partial charge in [0.2, 0.25) is 0 Å². The van der Waals surface area contributed by atoms with Gasteiger partial charge < -0.3 is 19.0 Å². The van der Waals surface area contributed by atoms with E-state index in [9.17, 15) is 5.11 Å². The SMILES string of the molecule is C=C[C@H](C)[C@H](O)[C@@H](C)/C=C(\C)[C@@H](CCOCc1ccc(OC)cc1)O[Si](C)(C)C(C)(C)C. The van der Waals surface area contributed by atoms with Crippen molar-refractivity contribution in [3.63, 3.8) is 0 Å². The van der Waals surface area contributed by atoms with E-state index in [1.807, 2.05) is 31.2 Å². The van der Waals surface area contributed by atoms with Crippen LogP contribution in [0.1, 0.15) is 53.5 Å². The van der Waals surface area contributed by atoms with Crippen molar-refractivity contribution in [2.24, 2.45) is 11.8 Å². The van der Waals surface area contributed by atoms with Crippen molar-refractivity contribution in [1.82, 2.24) is 0 Å². The molecular formula is C27H46O4Si. The lowest BCUT2D eigenvalue weighted by molar-refractivity contribution is 0.0858. The Hall–Kier alpha value is -1.40. The zero-order valence-corrected chi connectivity index (χ0v) is 22.8. The van der Waals surface area contributed by atoms with Gasteiger partial charge in [-0.15, -0.1) is 6.58 Å². The lowest BCUT2D eigenvalue weighted by Gasteiger charge is -2.40. The van der Waals surface area contributed by atoms with E-state index in [0.717, 1.165) is 23.3 Å². The fourth-order valence-electron chi connectivity index (χ4n) is 3.25. The van der Waals surface area contributed by atoms with Gasteiger partial charge in [0.1, 0.15) is 5.75 Å². The summed E-state index contributed by atoms with van der Waals surface area (Å²) in [5.74, 6) is 0.912. The molecule has 0 aliphatic rings. The summed E-state index contributed by atoms with van der Waals surface area (Å²) in [5.41, 5.74) is 2.28. The lowest BCUT2D eigenvalue weighted by atomic mass is 9.91. The number of aliphatic hydroxyl groups excluding tert-OH is 1. The minimum absolute atomic E-state index is 0.0220. The minimum Gasteiger partial charge on any atom is -0.497 e. The monoisotopic (exact) mass is 462 g/mol. The topological polar surface area (TPSA) is 47.9 Å². The molecule has 0 unspecified atom stereocenters. The molecule has 5 heteroatoms. The van der Waals surface area contributed by atoms with Crippen LogP contribution in [0.15, 0.2) is 48.6 Å². The number of ether oxygens (including phenoxy) is 2. The standard InChI is InChI=1S/C27H46O4Si/c1-11-20(2)26(28)22(4)18-21(3)25(31-32(9,10)27(5,6)7)16-17-30-19-23-12-14-24(29-8)15-13-23/h11-15,18,20,22,25-26,28H,1,16-17,19H2,2-10H3/b21-18+/t20-,22-,25+,26-/m0/s1. The molecule has 0 fully saturated rings. The van der Waals surface area contributed by atoms with Gasteiger partial charge in [-0.25, -0.2) is 0 Å². The summed E-state index contributed by atoms with van der Waals surface area (Å²) in [5, 5.41) is 10.7. The maximum atomic E-state index is 10.6. The summed E-state index contributed by atoms with van der Waals surface area (Å²) in [4.78, 5) is 0. The van der Waals surface area contributed by atoms with Gasteiger partial charge in [-0.3, -0.25) is 0 Å². The summed E-state index contributed by atoms with van der Waals surface area (Å²) >= 11 is 0. The molecule has 0 amide bonds. The van der Waals surface area contributed by atoms with E-state index >= 15 is 0 Å². The van der Waals surface area contributed by atoms with Gasteiger partial charge in [-0.2, -0.15) is 0 Å². The van der Waals surface area contributed by atoms with Crippen LogP contribution in [0, 0.1) is 11.8 Å². The Labute approximate surface area is 197 Å². The Morgan fingerprint density at radius 3 is 2.22 bits per heavy atom. The highest BCUT2D eigenvalue weighted by molar-refractivity contribution is 6.74. The van der Waals surface area contributed by atoms with E-state index in [4.69, 9.17) is 13.9 Å². The second-order valence-electron chi connectivity index (χ2n) is 10.4. The number of benzene rings is 1.